The van der Waals surface area contributed by atoms with E-state index >= 15 is 0 Å². The molecule has 9 nitrogen and oxygen atoms in total. The summed E-state index contributed by atoms with van der Waals surface area (Å²) in [6.45, 7) is 15.5. The summed E-state index contributed by atoms with van der Waals surface area (Å²) in [6, 6.07) is 29.0. The molecule has 2 heterocycles. The highest BCUT2D eigenvalue weighted by Gasteiger charge is 2.23. The fraction of sp³-hybridized carbons (Fsp3) is 0.327. The number of nitrogens with zero attached hydrogens (tertiary/aromatic N) is 2. The third-order valence-corrected chi connectivity index (χ3v) is 10.0. The molecule has 11 heteroatoms. The Kier molecular flexibility index (Phi) is 16.2. The zero-order valence-corrected chi connectivity index (χ0v) is 37.3. The van der Waals surface area contributed by atoms with Gasteiger partial charge in [0.05, 0.1) is 25.2 Å². The van der Waals surface area contributed by atoms with Gasteiger partial charge in [0.1, 0.15) is 29.4 Å². The van der Waals surface area contributed by atoms with Crippen LogP contribution in [-0.4, -0.2) is 61.5 Å². The predicted molar refractivity (Wildman–Crippen MR) is 247 cm³/mol. The van der Waals surface area contributed by atoms with E-state index < -0.39 is 35.5 Å². The lowest BCUT2D eigenvalue weighted by atomic mass is 10.0. The number of para-hydroxylation sites is 2. The molecule has 2 N–H and O–H groups in total. The maximum absolute atomic E-state index is 13.6. The molecule has 0 spiro atoms. The first-order valence-corrected chi connectivity index (χ1v) is 21.3. The standard InChI is InChI=1S/C28H32FNO4.C24H26FNO3/c1-18(2)30-24-9-7-6-8-23(24)27(19-10-12-20(29)13-11-19)25(30)15-14-21(31)16-22(32)17-26(33)34-28(3,4)5;1-4-29-23(28)15-19(27)13-14-22-24(17-9-11-18(25)12-10-17)20-7-5-6-8-21(20)26(22)16(2)3/h6-15,18,21,31H,16-17H2,1-5H3;5-14,16,19,27H,4,15H2,1-3H3/b15-14+;14-13+/t21-;19-/m00/s1. The molecule has 0 amide bonds. The summed E-state index contributed by atoms with van der Waals surface area (Å²) in [7, 11) is 0. The Bertz CT molecular complexity index is 2580. The monoisotopic (exact) mass is 860 g/mol. The number of Topliss-reactive ketones (excluding diaryl/α,β-unsaturated/α-hetero) is 1. The smallest absolute Gasteiger partial charge is 0.313 e. The highest BCUT2D eigenvalue weighted by Crippen LogP contribution is 2.39. The molecule has 0 fully saturated rings. The van der Waals surface area contributed by atoms with Gasteiger partial charge < -0.3 is 28.8 Å². The first kappa shape index (κ1) is 47.9. The summed E-state index contributed by atoms with van der Waals surface area (Å²) in [5.74, 6) is -2.04. The molecule has 332 valence electrons. The minimum absolute atomic E-state index is 0.0991. The van der Waals surface area contributed by atoms with Crippen molar-refractivity contribution in [1.29, 1.82) is 0 Å². The molecule has 6 aromatic rings. The minimum Gasteiger partial charge on any atom is -0.466 e. The Morgan fingerprint density at radius 2 is 1.05 bits per heavy atom. The van der Waals surface area contributed by atoms with E-state index in [4.69, 9.17) is 9.47 Å². The van der Waals surface area contributed by atoms with E-state index in [-0.39, 0.29) is 49.6 Å². The van der Waals surface area contributed by atoms with E-state index in [1.807, 2.05) is 48.5 Å². The van der Waals surface area contributed by atoms with Gasteiger partial charge >= 0.3 is 11.9 Å². The van der Waals surface area contributed by atoms with Crippen molar-refractivity contribution < 1.29 is 42.9 Å². The Hall–Kier alpha value is -6.17. The van der Waals surface area contributed by atoms with E-state index in [0.29, 0.717) is 0 Å². The number of carbonyl (C=O) groups excluding carboxylic acids is 3. The maximum Gasteiger partial charge on any atom is 0.313 e. The molecular weight excluding hydrogens is 803 g/mol. The number of ketones is 1. The van der Waals surface area contributed by atoms with E-state index in [1.54, 1.807) is 70.2 Å². The average molecular weight is 861 g/mol. The van der Waals surface area contributed by atoms with Gasteiger partial charge in [-0.15, -0.1) is 0 Å². The lowest BCUT2D eigenvalue weighted by Gasteiger charge is -2.19. The Morgan fingerprint density at radius 1 is 0.635 bits per heavy atom. The zero-order chi connectivity index (χ0) is 46.0. The molecule has 0 saturated carbocycles. The van der Waals surface area contributed by atoms with E-state index in [1.165, 1.54) is 24.3 Å². The zero-order valence-electron chi connectivity index (χ0n) is 37.3. The molecule has 4 aromatic carbocycles. The third-order valence-electron chi connectivity index (χ3n) is 10.0. The van der Waals surface area contributed by atoms with Gasteiger partial charge in [-0.1, -0.05) is 72.8 Å². The van der Waals surface area contributed by atoms with E-state index in [2.05, 4.69) is 42.9 Å². The summed E-state index contributed by atoms with van der Waals surface area (Å²) in [6.07, 6.45) is 4.12. The summed E-state index contributed by atoms with van der Waals surface area (Å²) in [4.78, 5) is 35.8. The fourth-order valence-electron chi connectivity index (χ4n) is 7.62. The molecular formula is C52H58F2N2O7. The van der Waals surface area contributed by atoms with Crippen molar-refractivity contribution in [1.82, 2.24) is 9.13 Å². The van der Waals surface area contributed by atoms with Gasteiger partial charge in [-0.25, -0.2) is 8.78 Å². The van der Waals surface area contributed by atoms with Crippen LogP contribution in [0.1, 0.15) is 98.1 Å². The largest absolute Gasteiger partial charge is 0.466 e. The molecule has 0 unspecified atom stereocenters. The number of carbonyl (C=O) groups is 3. The van der Waals surface area contributed by atoms with E-state index in [9.17, 15) is 33.4 Å². The normalized spacial score (nSPS) is 12.9. The Balaban J connectivity index is 0.000000240. The molecule has 2 aromatic heterocycles. The first-order valence-electron chi connectivity index (χ1n) is 21.3. The number of fused-ring (bicyclic) bond motifs is 2. The summed E-state index contributed by atoms with van der Waals surface area (Å²) in [5.41, 5.74) is 6.79. The van der Waals surface area contributed by atoms with Crippen LogP contribution >= 0.6 is 0 Å². The number of ether oxygens (including phenoxy) is 2. The predicted octanol–water partition coefficient (Wildman–Crippen LogP) is 11.4. The number of hydrogen-bond donors (Lipinski definition) is 2. The van der Waals surface area contributed by atoms with Crippen LogP contribution in [0.4, 0.5) is 8.78 Å². The highest BCUT2D eigenvalue weighted by molar-refractivity contribution is 6.02. The average Bonchev–Trinajstić information content (AvgIpc) is 3.72. The van der Waals surface area contributed by atoms with Gasteiger partial charge in [0.25, 0.3) is 0 Å². The van der Waals surface area contributed by atoms with Crippen LogP contribution in [-0.2, 0) is 23.9 Å². The molecule has 0 saturated heterocycles. The number of rotatable bonds is 15. The third kappa shape index (κ3) is 12.5. The number of aliphatic hydroxyl groups excluding tert-OH is 2. The van der Waals surface area contributed by atoms with Crippen molar-refractivity contribution >= 4 is 51.7 Å². The Labute approximate surface area is 368 Å². The molecule has 0 radical (unpaired) electrons. The van der Waals surface area contributed by atoms with Crippen LogP contribution in [0.5, 0.6) is 0 Å². The topological polar surface area (TPSA) is 120 Å². The molecule has 6 rings (SSSR count). The lowest BCUT2D eigenvalue weighted by Crippen LogP contribution is -2.26. The molecule has 63 heavy (non-hydrogen) atoms. The van der Waals surface area contributed by atoms with Gasteiger partial charge in [-0.05, 0) is 115 Å². The second-order valence-corrected chi connectivity index (χ2v) is 16.9. The molecule has 0 bridgehead atoms. The molecule has 0 aliphatic carbocycles. The second kappa shape index (κ2) is 21.3. The van der Waals surface area contributed by atoms with Crippen molar-refractivity contribution in [3.8, 4) is 22.3 Å². The first-order chi connectivity index (χ1) is 29.9. The fourth-order valence-corrected chi connectivity index (χ4v) is 7.62. The number of hydrogen-bond acceptors (Lipinski definition) is 7. The number of benzene rings is 4. The summed E-state index contributed by atoms with van der Waals surface area (Å²) >= 11 is 0. The van der Waals surface area contributed by atoms with Crippen molar-refractivity contribution in [2.24, 2.45) is 0 Å². The minimum atomic E-state index is -1.06. The van der Waals surface area contributed by atoms with Crippen LogP contribution in [0.3, 0.4) is 0 Å². The van der Waals surface area contributed by atoms with Gasteiger partial charge in [0, 0.05) is 62.8 Å². The van der Waals surface area contributed by atoms with Crippen LogP contribution in [0, 0.1) is 11.6 Å². The molecule has 2 atom stereocenters. The van der Waals surface area contributed by atoms with Gasteiger partial charge in [-0.3, -0.25) is 14.4 Å². The van der Waals surface area contributed by atoms with Crippen LogP contribution in [0.15, 0.2) is 109 Å². The van der Waals surface area contributed by atoms with Gasteiger partial charge in [0.15, 0.2) is 0 Å². The van der Waals surface area contributed by atoms with Crippen molar-refractivity contribution in [3.05, 3.63) is 132 Å². The molecule has 0 aliphatic rings. The lowest BCUT2D eigenvalue weighted by molar-refractivity contribution is -0.156. The van der Waals surface area contributed by atoms with Gasteiger partial charge in [-0.2, -0.15) is 0 Å². The Morgan fingerprint density at radius 3 is 1.44 bits per heavy atom. The van der Waals surface area contributed by atoms with Crippen LogP contribution in [0.25, 0.3) is 56.2 Å². The SMILES string of the molecule is CC(C)n1c(/C=C/[C@H](O)CC(=O)CC(=O)OC(C)(C)C)c(-c2ccc(F)cc2)c2ccccc21.CCOC(=O)C[C@@H](O)/C=C/c1c(-c2ccc(F)cc2)c2ccccc2n1C(C)C. The van der Waals surface area contributed by atoms with Crippen molar-refractivity contribution in [2.45, 2.75) is 105 Å². The summed E-state index contributed by atoms with van der Waals surface area (Å²) in [5, 5.41) is 22.8. The van der Waals surface area contributed by atoms with Crippen LogP contribution < -0.4 is 0 Å². The number of halogens is 2. The molecule has 0 aliphatic heterocycles. The number of esters is 2. The second-order valence-electron chi connectivity index (χ2n) is 16.9. The number of aromatic nitrogens is 2. The number of aliphatic hydroxyl groups is 2. The van der Waals surface area contributed by atoms with E-state index in [0.717, 1.165) is 55.4 Å². The summed E-state index contributed by atoms with van der Waals surface area (Å²) < 4.78 is 41.5. The maximum atomic E-state index is 13.6. The van der Waals surface area contributed by atoms with Crippen molar-refractivity contribution in [2.75, 3.05) is 6.61 Å². The van der Waals surface area contributed by atoms with Crippen LogP contribution in [0.2, 0.25) is 0 Å². The van der Waals surface area contributed by atoms with Crippen molar-refractivity contribution in [3.63, 3.8) is 0 Å². The highest BCUT2D eigenvalue weighted by atomic mass is 19.1. The quantitative estimate of drug-likeness (QED) is 0.0779. The van der Waals surface area contributed by atoms with Gasteiger partial charge in [0.2, 0.25) is 0 Å².